The van der Waals surface area contributed by atoms with Gasteiger partial charge in [-0.2, -0.15) is 0 Å². The summed E-state index contributed by atoms with van der Waals surface area (Å²) >= 11 is 3.50. The zero-order chi connectivity index (χ0) is 15.4. The fourth-order valence-electron chi connectivity index (χ4n) is 2.38. The Balaban J connectivity index is 2.35. The molecule has 0 saturated carbocycles. The molecule has 0 aliphatic rings. The molecule has 21 heavy (non-hydrogen) atoms. The van der Waals surface area contributed by atoms with E-state index < -0.39 is 0 Å². The van der Waals surface area contributed by atoms with E-state index in [1.54, 1.807) is 0 Å². The predicted octanol–water partition coefficient (Wildman–Crippen LogP) is 4.33. The number of rotatable bonds is 5. The van der Waals surface area contributed by atoms with Crippen LogP contribution in [0.15, 0.2) is 22.7 Å². The number of nitrogens with one attached hydrogen (secondary N) is 1. The first-order valence-electron chi connectivity index (χ1n) is 7.34. The molecule has 0 bridgehead atoms. The van der Waals surface area contributed by atoms with Gasteiger partial charge >= 0.3 is 0 Å². The molecule has 3 nitrogen and oxygen atoms in total. The van der Waals surface area contributed by atoms with Crippen LogP contribution in [0.3, 0.4) is 0 Å². The average Bonchev–Trinajstić information content (AvgIpc) is 2.41. The van der Waals surface area contributed by atoms with Crippen molar-refractivity contribution in [3.05, 3.63) is 45.2 Å². The van der Waals surface area contributed by atoms with Crippen LogP contribution in [0, 0.1) is 20.8 Å². The van der Waals surface area contributed by atoms with E-state index in [4.69, 9.17) is 9.97 Å². The van der Waals surface area contributed by atoms with Gasteiger partial charge in [0.05, 0.1) is 0 Å². The SMILES string of the molecule is CCCNCc1c(C)nc(-c2ccc(Br)cc2C)nc1C. The van der Waals surface area contributed by atoms with Crippen molar-refractivity contribution in [1.29, 1.82) is 0 Å². The summed E-state index contributed by atoms with van der Waals surface area (Å²) in [7, 11) is 0. The van der Waals surface area contributed by atoms with Crippen molar-refractivity contribution in [3.8, 4) is 11.4 Å². The van der Waals surface area contributed by atoms with Crippen LogP contribution in [-0.2, 0) is 6.54 Å². The van der Waals surface area contributed by atoms with E-state index in [1.807, 2.05) is 6.07 Å². The molecule has 4 heteroatoms. The van der Waals surface area contributed by atoms with Gasteiger partial charge in [0, 0.05) is 33.5 Å². The second kappa shape index (κ2) is 7.14. The Morgan fingerprint density at radius 1 is 1.10 bits per heavy atom. The zero-order valence-corrected chi connectivity index (χ0v) is 14.7. The van der Waals surface area contributed by atoms with E-state index in [0.717, 1.165) is 46.8 Å². The lowest BCUT2D eigenvalue weighted by molar-refractivity contribution is 0.665. The Labute approximate surface area is 135 Å². The summed E-state index contributed by atoms with van der Waals surface area (Å²) in [5, 5.41) is 3.42. The number of nitrogens with zero attached hydrogens (tertiary/aromatic N) is 2. The van der Waals surface area contributed by atoms with Gasteiger partial charge in [-0.3, -0.25) is 0 Å². The van der Waals surface area contributed by atoms with Gasteiger partial charge in [0.1, 0.15) is 0 Å². The minimum Gasteiger partial charge on any atom is -0.313 e. The quantitative estimate of drug-likeness (QED) is 0.818. The van der Waals surface area contributed by atoms with Crippen LogP contribution >= 0.6 is 15.9 Å². The first-order valence-corrected chi connectivity index (χ1v) is 8.13. The summed E-state index contributed by atoms with van der Waals surface area (Å²) in [6, 6.07) is 6.20. The largest absolute Gasteiger partial charge is 0.313 e. The minimum absolute atomic E-state index is 0.814. The maximum atomic E-state index is 4.71. The fraction of sp³-hybridized carbons (Fsp3) is 0.412. The maximum Gasteiger partial charge on any atom is 0.159 e. The summed E-state index contributed by atoms with van der Waals surface area (Å²) < 4.78 is 1.08. The van der Waals surface area contributed by atoms with E-state index in [-0.39, 0.29) is 0 Å². The summed E-state index contributed by atoms with van der Waals surface area (Å²) in [5.74, 6) is 0.814. The third kappa shape index (κ3) is 3.89. The number of hydrogen-bond donors (Lipinski definition) is 1. The van der Waals surface area contributed by atoms with Crippen molar-refractivity contribution in [2.24, 2.45) is 0 Å². The second-order valence-electron chi connectivity index (χ2n) is 5.33. The first kappa shape index (κ1) is 16.1. The third-order valence-electron chi connectivity index (χ3n) is 3.58. The number of halogens is 1. The molecule has 0 unspecified atom stereocenters. The normalized spacial score (nSPS) is 10.9. The van der Waals surface area contributed by atoms with E-state index in [9.17, 15) is 0 Å². The van der Waals surface area contributed by atoms with Gasteiger partial charge in [-0.25, -0.2) is 9.97 Å². The lowest BCUT2D eigenvalue weighted by atomic mass is 10.1. The predicted molar refractivity (Wildman–Crippen MR) is 91.4 cm³/mol. The highest BCUT2D eigenvalue weighted by molar-refractivity contribution is 9.10. The van der Waals surface area contributed by atoms with Gasteiger partial charge in [-0.15, -0.1) is 0 Å². The van der Waals surface area contributed by atoms with Gasteiger partial charge in [0.2, 0.25) is 0 Å². The Kier molecular flexibility index (Phi) is 5.48. The number of benzene rings is 1. The van der Waals surface area contributed by atoms with Crippen LogP contribution in [0.2, 0.25) is 0 Å². The highest BCUT2D eigenvalue weighted by Gasteiger charge is 2.11. The Bertz CT molecular complexity index is 615. The molecule has 1 heterocycles. The summed E-state index contributed by atoms with van der Waals surface area (Å²) in [5.41, 5.74) is 5.60. The van der Waals surface area contributed by atoms with Crippen LogP contribution in [0.25, 0.3) is 11.4 Å². The number of aryl methyl sites for hydroxylation is 3. The molecule has 1 N–H and O–H groups in total. The molecular weight excluding hydrogens is 326 g/mol. The molecule has 0 aliphatic carbocycles. The summed E-state index contributed by atoms with van der Waals surface area (Å²) in [4.78, 5) is 9.41. The fourth-order valence-corrected chi connectivity index (χ4v) is 2.86. The van der Waals surface area contributed by atoms with Crippen molar-refractivity contribution >= 4 is 15.9 Å². The molecule has 0 atom stereocenters. The van der Waals surface area contributed by atoms with Crippen molar-refractivity contribution in [3.63, 3.8) is 0 Å². The molecular formula is C17H22BrN3. The molecule has 1 aromatic heterocycles. The molecule has 0 fully saturated rings. The van der Waals surface area contributed by atoms with Gasteiger partial charge in [0.25, 0.3) is 0 Å². The molecule has 0 saturated heterocycles. The van der Waals surface area contributed by atoms with E-state index >= 15 is 0 Å². The Morgan fingerprint density at radius 3 is 2.33 bits per heavy atom. The zero-order valence-electron chi connectivity index (χ0n) is 13.1. The monoisotopic (exact) mass is 347 g/mol. The van der Waals surface area contributed by atoms with Gasteiger partial charge < -0.3 is 5.32 Å². The standard InChI is InChI=1S/C17H22BrN3/c1-5-8-19-10-16-12(3)20-17(21-13(16)4)15-7-6-14(18)9-11(15)2/h6-7,9,19H,5,8,10H2,1-4H3. The van der Waals surface area contributed by atoms with E-state index in [1.165, 1.54) is 11.1 Å². The van der Waals surface area contributed by atoms with Crippen LogP contribution in [0.1, 0.15) is 35.9 Å². The molecule has 1 aromatic carbocycles. The smallest absolute Gasteiger partial charge is 0.159 e. The molecule has 2 rings (SSSR count). The van der Waals surface area contributed by atoms with Crippen LogP contribution in [-0.4, -0.2) is 16.5 Å². The van der Waals surface area contributed by atoms with Gasteiger partial charge in [-0.05, 0) is 57.5 Å². The van der Waals surface area contributed by atoms with Crippen LogP contribution in [0.4, 0.5) is 0 Å². The van der Waals surface area contributed by atoms with Gasteiger partial charge in [-0.1, -0.05) is 22.9 Å². The Morgan fingerprint density at radius 2 is 1.76 bits per heavy atom. The Hall–Kier alpha value is -1.26. The lowest BCUT2D eigenvalue weighted by Crippen LogP contribution is -2.17. The molecule has 0 radical (unpaired) electrons. The molecule has 112 valence electrons. The van der Waals surface area contributed by atoms with E-state index in [0.29, 0.717) is 0 Å². The summed E-state index contributed by atoms with van der Waals surface area (Å²) in [6.07, 6.45) is 1.13. The van der Waals surface area contributed by atoms with Crippen molar-refractivity contribution in [1.82, 2.24) is 15.3 Å². The van der Waals surface area contributed by atoms with Crippen LogP contribution in [0.5, 0.6) is 0 Å². The van der Waals surface area contributed by atoms with Crippen molar-refractivity contribution in [2.45, 2.75) is 40.7 Å². The molecule has 0 amide bonds. The number of hydrogen-bond acceptors (Lipinski definition) is 3. The second-order valence-corrected chi connectivity index (χ2v) is 6.25. The third-order valence-corrected chi connectivity index (χ3v) is 4.07. The number of aromatic nitrogens is 2. The average molecular weight is 348 g/mol. The molecule has 2 aromatic rings. The first-order chi connectivity index (χ1) is 10.0. The van der Waals surface area contributed by atoms with Crippen LogP contribution < -0.4 is 5.32 Å². The van der Waals surface area contributed by atoms with Gasteiger partial charge in [0.15, 0.2) is 5.82 Å². The maximum absolute atomic E-state index is 4.71. The van der Waals surface area contributed by atoms with Crippen molar-refractivity contribution in [2.75, 3.05) is 6.54 Å². The topological polar surface area (TPSA) is 37.8 Å². The highest BCUT2D eigenvalue weighted by Crippen LogP contribution is 2.25. The molecule has 0 aliphatic heterocycles. The van der Waals surface area contributed by atoms with Crippen molar-refractivity contribution < 1.29 is 0 Å². The highest BCUT2D eigenvalue weighted by atomic mass is 79.9. The lowest BCUT2D eigenvalue weighted by Gasteiger charge is -2.13. The molecule has 0 spiro atoms. The summed E-state index contributed by atoms with van der Waals surface area (Å²) in [6.45, 7) is 10.2. The minimum atomic E-state index is 0.814. The van der Waals surface area contributed by atoms with E-state index in [2.05, 4.69) is 61.1 Å².